The molecule has 0 radical (unpaired) electrons. The lowest BCUT2D eigenvalue weighted by Gasteiger charge is -2.29. The Hall–Kier alpha value is -4.21. The molecule has 0 fully saturated rings. The topological polar surface area (TPSA) is 191 Å². The summed E-state index contributed by atoms with van der Waals surface area (Å²) in [6.45, 7) is 8.87. The summed E-state index contributed by atoms with van der Waals surface area (Å²) in [6, 6.07) is 5.02. The van der Waals surface area contributed by atoms with Gasteiger partial charge in [0.05, 0.1) is 18.9 Å². The van der Waals surface area contributed by atoms with Crippen molar-refractivity contribution in [2.24, 2.45) is 5.92 Å². The van der Waals surface area contributed by atoms with Gasteiger partial charge in [-0.25, -0.2) is 9.59 Å². The quantitative estimate of drug-likeness (QED) is 0.0433. The number of aliphatic carboxylic acids is 3. The number of aliphatic hydroxyl groups is 1. The molecule has 5 N–H and O–H groups in total. The maximum Gasteiger partial charge on any atom is 0.337 e. The van der Waals surface area contributed by atoms with Gasteiger partial charge in [-0.2, -0.15) is 0 Å². The van der Waals surface area contributed by atoms with Crippen LogP contribution in [0.15, 0.2) is 36.4 Å². The zero-order valence-corrected chi connectivity index (χ0v) is 30.5. The Morgan fingerprint density at radius 1 is 0.863 bits per heavy atom. The third-order valence-corrected chi connectivity index (χ3v) is 8.66. The van der Waals surface area contributed by atoms with E-state index in [0.717, 1.165) is 64.1 Å². The first-order chi connectivity index (χ1) is 24.4. The molecular weight excluding hydrogens is 656 g/mol. The number of carboxylic acid groups (broad SMARTS) is 3. The summed E-state index contributed by atoms with van der Waals surface area (Å²) in [6.07, 6.45) is 11.2. The lowest BCUT2D eigenvalue weighted by molar-refractivity contribution is -0.172. The van der Waals surface area contributed by atoms with Crippen molar-refractivity contribution >= 4 is 29.6 Å². The highest BCUT2D eigenvalue weighted by molar-refractivity contribution is 5.94. The van der Waals surface area contributed by atoms with Gasteiger partial charge in [0.2, 0.25) is 5.91 Å². The maximum atomic E-state index is 13.4. The molecule has 0 aliphatic carbocycles. The van der Waals surface area contributed by atoms with Crippen molar-refractivity contribution in [2.75, 3.05) is 26.2 Å². The Morgan fingerprint density at radius 3 is 2.02 bits per heavy atom. The zero-order chi connectivity index (χ0) is 38.1. The van der Waals surface area contributed by atoms with Crippen molar-refractivity contribution in [1.82, 2.24) is 10.2 Å². The molecule has 0 saturated heterocycles. The number of Topliss-reactive ketones (excluding diaryl/α,β-unsaturated/α-hetero) is 1. The Morgan fingerprint density at radius 2 is 1.47 bits per heavy atom. The van der Waals surface area contributed by atoms with Gasteiger partial charge in [0, 0.05) is 19.3 Å². The van der Waals surface area contributed by atoms with Gasteiger partial charge in [0.15, 0.2) is 5.60 Å². The van der Waals surface area contributed by atoms with Crippen LogP contribution in [0, 0.1) is 17.8 Å². The number of hydrogen-bond donors (Lipinski definition) is 5. The number of carbonyl (C=O) groups is 5. The van der Waals surface area contributed by atoms with Crippen LogP contribution in [0.3, 0.4) is 0 Å². The maximum absolute atomic E-state index is 13.4. The van der Waals surface area contributed by atoms with Crippen LogP contribution < -0.4 is 10.1 Å². The molecular formula is C39H58N2O10. The normalized spacial score (nSPS) is 13.5. The van der Waals surface area contributed by atoms with E-state index in [1.807, 2.05) is 0 Å². The molecule has 0 aliphatic rings. The molecule has 12 heteroatoms. The van der Waals surface area contributed by atoms with E-state index in [-0.39, 0.29) is 18.8 Å². The summed E-state index contributed by atoms with van der Waals surface area (Å²) in [5.41, 5.74) is -2.50. The molecule has 3 atom stereocenters. The molecule has 1 aromatic carbocycles. The standard InChI is InChI=1S/C39H58N2O10/c1-4-7-8-11-14-19-31(42)20-15-12-9-10-13-16-21-33(39(50,38(48)49)29-35(43)44)36(45)40-34(37(46)47)28-30-22-24-32(25-23-30)51-27-18-17-26-41(5-2)6-3/h16,21-25,33-34,50H,4-15,19-20,26-29H2,1-3H3,(H,40,45)(H,43,44)(H,46,47)(H,48,49)/b21-16+. The van der Waals surface area contributed by atoms with E-state index in [1.54, 1.807) is 24.3 Å². The second-order valence-corrected chi connectivity index (χ2v) is 12.7. The van der Waals surface area contributed by atoms with Gasteiger partial charge in [0.25, 0.3) is 0 Å². The molecule has 284 valence electrons. The number of nitrogens with zero attached hydrogens (tertiary/aromatic N) is 1. The van der Waals surface area contributed by atoms with Gasteiger partial charge < -0.3 is 30.5 Å². The van der Waals surface area contributed by atoms with E-state index in [9.17, 15) is 44.4 Å². The van der Waals surface area contributed by atoms with Crippen molar-refractivity contribution < 1.29 is 49.1 Å². The Balaban J connectivity index is 2.83. The van der Waals surface area contributed by atoms with Crippen molar-refractivity contribution in [1.29, 1.82) is 0 Å². The number of allylic oxidation sites excluding steroid dienone is 1. The van der Waals surface area contributed by atoms with Crippen LogP contribution in [0.1, 0.15) is 110 Å². The molecule has 0 bridgehead atoms. The van der Waals surface area contributed by atoms with E-state index in [2.05, 4.69) is 42.8 Å². The van der Waals surface area contributed by atoms with Gasteiger partial charge in [-0.1, -0.05) is 95.4 Å². The average molecular weight is 715 g/mol. The van der Waals surface area contributed by atoms with Crippen molar-refractivity contribution in [2.45, 2.75) is 122 Å². The molecule has 0 aliphatic heterocycles. The van der Waals surface area contributed by atoms with E-state index in [0.29, 0.717) is 43.5 Å². The van der Waals surface area contributed by atoms with Crippen LogP contribution in [0.5, 0.6) is 5.75 Å². The molecule has 1 amide bonds. The predicted octanol–water partition coefficient (Wildman–Crippen LogP) is 5.26. The highest BCUT2D eigenvalue weighted by Gasteiger charge is 2.49. The minimum absolute atomic E-state index is 0.173. The fourth-order valence-electron chi connectivity index (χ4n) is 5.44. The predicted molar refractivity (Wildman–Crippen MR) is 194 cm³/mol. The van der Waals surface area contributed by atoms with Crippen LogP contribution in [-0.4, -0.2) is 92.8 Å². The smallest absolute Gasteiger partial charge is 0.337 e. The minimum Gasteiger partial charge on any atom is -0.481 e. The summed E-state index contributed by atoms with van der Waals surface area (Å²) in [7, 11) is 0. The second kappa shape index (κ2) is 25.7. The fourth-order valence-corrected chi connectivity index (χ4v) is 5.44. The monoisotopic (exact) mass is 714 g/mol. The number of rotatable bonds is 28. The molecule has 0 heterocycles. The second-order valence-electron chi connectivity index (χ2n) is 12.7. The van der Waals surface area contributed by atoms with Crippen LogP contribution in [-0.2, 0) is 30.4 Å². The number of amides is 1. The van der Waals surface area contributed by atoms with Crippen molar-refractivity contribution in [3.63, 3.8) is 0 Å². The first-order valence-electron chi connectivity index (χ1n) is 18.2. The van der Waals surface area contributed by atoms with E-state index in [4.69, 9.17) is 4.74 Å². The highest BCUT2D eigenvalue weighted by Crippen LogP contribution is 2.26. The lowest BCUT2D eigenvalue weighted by atomic mass is 9.82. The van der Waals surface area contributed by atoms with Crippen LogP contribution in [0.2, 0.25) is 0 Å². The zero-order valence-electron chi connectivity index (χ0n) is 30.5. The Bertz CT molecular complexity index is 1310. The Labute approximate surface area is 302 Å². The lowest BCUT2D eigenvalue weighted by Crippen LogP contribution is -2.55. The van der Waals surface area contributed by atoms with Gasteiger partial charge in [-0.05, 0) is 56.5 Å². The summed E-state index contributed by atoms with van der Waals surface area (Å²) in [5.74, 6) is -1.23. The number of benzene rings is 1. The number of nitrogens with one attached hydrogen (secondary N) is 1. The molecule has 0 saturated carbocycles. The van der Waals surface area contributed by atoms with Crippen molar-refractivity contribution in [3.05, 3.63) is 42.0 Å². The van der Waals surface area contributed by atoms with E-state index in [1.165, 1.54) is 12.5 Å². The SMILES string of the molecule is CCCCCCCC(=O)CCCCCC/C=C/C(C(=O)NC(Cc1ccc(OCC#CCN(CC)CC)cc1)C(=O)O)C(O)(CC(=O)O)C(=O)O. The molecule has 12 nitrogen and oxygen atoms in total. The van der Waals surface area contributed by atoms with Crippen LogP contribution in [0.4, 0.5) is 0 Å². The third kappa shape index (κ3) is 18.6. The summed E-state index contributed by atoms with van der Waals surface area (Å²) < 4.78 is 5.63. The number of ketones is 1. The first kappa shape index (κ1) is 44.8. The molecule has 0 spiro atoms. The van der Waals surface area contributed by atoms with Gasteiger partial charge >= 0.3 is 17.9 Å². The summed E-state index contributed by atoms with van der Waals surface area (Å²) >= 11 is 0. The number of carboxylic acids is 3. The van der Waals surface area contributed by atoms with Gasteiger partial charge in [-0.15, -0.1) is 0 Å². The number of hydrogen-bond acceptors (Lipinski definition) is 8. The average Bonchev–Trinajstić information content (AvgIpc) is 3.08. The highest BCUT2D eigenvalue weighted by atomic mass is 16.5. The molecule has 0 aromatic heterocycles. The van der Waals surface area contributed by atoms with Gasteiger partial charge in [-0.3, -0.25) is 19.3 Å². The van der Waals surface area contributed by atoms with Crippen molar-refractivity contribution in [3.8, 4) is 17.6 Å². The number of carbonyl (C=O) groups excluding carboxylic acids is 2. The number of unbranched alkanes of at least 4 members (excludes halogenated alkanes) is 8. The van der Waals surface area contributed by atoms with E-state index >= 15 is 0 Å². The third-order valence-electron chi connectivity index (χ3n) is 8.66. The fraction of sp³-hybridized carbons (Fsp3) is 0.615. The van der Waals surface area contributed by atoms with E-state index < -0.39 is 47.8 Å². The minimum atomic E-state index is -3.03. The molecule has 3 unspecified atom stereocenters. The summed E-state index contributed by atoms with van der Waals surface area (Å²) in [4.78, 5) is 63.4. The molecule has 51 heavy (non-hydrogen) atoms. The summed E-state index contributed by atoms with van der Waals surface area (Å²) in [5, 5.41) is 42.2. The number of ether oxygens (including phenoxy) is 1. The van der Waals surface area contributed by atoms with Crippen LogP contribution in [0.25, 0.3) is 0 Å². The van der Waals surface area contributed by atoms with Gasteiger partial charge in [0.1, 0.15) is 24.2 Å². The molecule has 1 aromatic rings. The van der Waals surface area contributed by atoms with Crippen LogP contribution >= 0.6 is 0 Å². The largest absolute Gasteiger partial charge is 0.481 e. The first-order valence-corrected chi connectivity index (χ1v) is 18.2. The molecule has 1 rings (SSSR count). The Kier molecular flexibility index (Phi) is 22.6.